The molecule has 0 aliphatic heterocycles. The SMILES string of the molecule is CCCc1nc2sc(CC)c(-c3ccc(C)cc3)n2c1C(=O)O. The van der Waals surface area contributed by atoms with Crippen molar-refractivity contribution >= 4 is 22.3 Å². The van der Waals surface area contributed by atoms with Crippen LogP contribution in [0.5, 0.6) is 0 Å². The Morgan fingerprint density at radius 1 is 1.26 bits per heavy atom. The van der Waals surface area contributed by atoms with Crippen LogP contribution in [0.1, 0.15) is 46.9 Å². The summed E-state index contributed by atoms with van der Waals surface area (Å²) in [6, 6.07) is 8.23. The Hall–Kier alpha value is -2.14. The van der Waals surface area contributed by atoms with Crippen molar-refractivity contribution in [1.82, 2.24) is 9.38 Å². The van der Waals surface area contributed by atoms with Crippen molar-refractivity contribution < 1.29 is 9.90 Å². The van der Waals surface area contributed by atoms with Crippen molar-refractivity contribution in [1.29, 1.82) is 0 Å². The van der Waals surface area contributed by atoms with Crippen LogP contribution in [0.4, 0.5) is 0 Å². The minimum absolute atomic E-state index is 0.313. The molecule has 0 bridgehead atoms. The molecular weight excluding hydrogens is 308 g/mol. The Morgan fingerprint density at radius 2 is 1.96 bits per heavy atom. The number of carboxylic acid groups (broad SMARTS) is 1. The molecule has 3 rings (SSSR count). The summed E-state index contributed by atoms with van der Waals surface area (Å²) < 4.78 is 1.83. The lowest BCUT2D eigenvalue weighted by molar-refractivity contribution is 0.0688. The molecule has 0 fully saturated rings. The highest BCUT2D eigenvalue weighted by molar-refractivity contribution is 7.17. The van der Waals surface area contributed by atoms with E-state index in [4.69, 9.17) is 0 Å². The van der Waals surface area contributed by atoms with E-state index in [0.29, 0.717) is 17.8 Å². The zero-order chi connectivity index (χ0) is 16.6. The van der Waals surface area contributed by atoms with Crippen LogP contribution in [-0.4, -0.2) is 20.5 Å². The van der Waals surface area contributed by atoms with Gasteiger partial charge in [-0.2, -0.15) is 0 Å². The fraction of sp³-hybridized carbons (Fsp3) is 0.333. The number of hydrogen-bond donors (Lipinski definition) is 1. The predicted molar refractivity (Wildman–Crippen MR) is 93.6 cm³/mol. The van der Waals surface area contributed by atoms with Crippen LogP contribution in [0.3, 0.4) is 0 Å². The smallest absolute Gasteiger partial charge is 0.354 e. The standard InChI is InChI=1S/C18H20N2O2S/c1-4-6-13-16(17(21)22)20-15(12-9-7-11(3)8-10-12)14(5-2)23-18(20)19-13/h7-10H,4-6H2,1-3H3,(H,21,22). The van der Waals surface area contributed by atoms with E-state index in [9.17, 15) is 9.90 Å². The summed E-state index contributed by atoms with van der Waals surface area (Å²) in [5, 5.41) is 9.72. The molecular formula is C18H20N2O2S. The Labute approximate surface area is 139 Å². The maximum Gasteiger partial charge on any atom is 0.354 e. The molecule has 0 unspecified atom stereocenters. The zero-order valence-corrected chi connectivity index (χ0v) is 14.4. The molecule has 3 aromatic rings. The molecule has 0 amide bonds. The van der Waals surface area contributed by atoms with Crippen LogP contribution in [0, 0.1) is 6.92 Å². The van der Waals surface area contributed by atoms with Gasteiger partial charge in [0.2, 0.25) is 0 Å². The normalized spacial score (nSPS) is 11.3. The van der Waals surface area contributed by atoms with Crippen LogP contribution in [0.15, 0.2) is 24.3 Å². The second-order valence-corrected chi connectivity index (χ2v) is 6.74. The van der Waals surface area contributed by atoms with E-state index in [1.165, 1.54) is 10.4 Å². The van der Waals surface area contributed by atoms with Gasteiger partial charge in [0.1, 0.15) is 0 Å². The number of carboxylic acids is 1. The van der Waals surface area contributed by atoms with Gasteiger partial charge in [0, 0.05) is 4.88 Å². The van der Waals surface area contributed by atoms with Crippen molar-refractivity contribution in [3.63, 3.8) is 0 Å². The Morgan fingerprint density at radius 3 is 2.52 bits per heavy atom. The van der Waals surface area contributed by atoms with Gasteiger partial charge in [-0.15, -0.1) is 11.3 Å². The Bertz CT molecular complexity index is 859. The van der Waals surface area contributed by atoms with E-state index in [1.807, 2.05) is 18.2 Å². The van der Waals surface area contributed by atoms with Crippen molar-refractivity contribution in [2.75, 3.05) is 0 Å². The number of fused-ring (bicyclic) bond motifs is 1. The first-order chi connectivity index (χ1) is 11.1. The average molecular weight is 328 g/mol. The van der Waals surface area contributed by atoms with Crippen LogP contribution in [-0.2, 0) is 12.8 Å². The highest BCUT2D eigenvalue weighted by atomic mass is 32.1. The number of benzene rings is 1. The third-order valence-corrected chi connectivity index (χ3v) is 5.14. The number of aryl methyl sites for hydroxylation is 3. The summed E-state index contributed by atoms with van der Waals surface area (Å²) in [6.45, 7) is 6.18. The molecule has 5 heteroatoms. The van der Waals surface area contributed by atoms with E-state index in [1.54, 1.807) is 11.3 Å². The van der Waals surface area contributed by atoms with Crippen LogP contribution in [0.25, 0.3) is 16.2 Å². The van der Waals surface area contributed by atoms with Crippen molar-refractivity contribution in [3.8, 4) is 11.3 Å². The Balaban J connectivity index is 2.33. The van der Waals surface area contributed by atoms with Gasteiger partial charge in [0.25, 0.3) is 0 Å². The molecule has 2 aromatic heterocycles. The summed E-state index contributed by atoms with van der Waals surface area (Å²) >= 11 is 1.59. The van der Waals surface area contributed by atoms with Crippen LogP contribution in [0.2, 0.25) is 0 Å². The van der Waals surface area contributed by atoms with Gasteiger partial charge < -0.3 is 5.11 Å². The lowest BCUT2D eigenvalue weighted by Gasteiger charge is -2.07. The first-order valence-electron chi connectivity index (χ1n) is 7.90. The fourth-order valence-corrected chi connectivity index (χ4v) is 3.97. The van der Waals surface area contributed by atoms with E-state index < -0.39 is 5.97 Å². The van der Waals surface area contributed by atoms with Crippen molar-refractivity contribution in [2.45, 2.75) is 40.0 Å². The quantitative estimate of drug-likeness (QED) is 0.745. The number of rotatable bonds is 5. The number of imidazole rings is 1. The molecule has 23 heavy (non-hydrogen) atoms. The number of carbonyl (C=O) groups is 1. The molecule has 4 nitrogen and oxygen atoms in total. The van der Waals surface area contributed by atoms with Gasteiger partial charge in [-0.3, -0.25) is 4.40 Å². The van der Waals surface area contributed by atoms with E-state index in [0.717, 1.165) is 29.1 Å². The maximum absolute atomic E-state index is 11.9. The average Bonchev–Trinajstić information content (AvgIpc) is 3.03. The molecule has 0 saturated heterocycles. The Kier molecular flexibility index (Phi) is 4.22. The van der Waals surface area contributed by atoms with Gasteiger partial charge >= 0.3 is 5.97 Å². The summed E-state index contributed by atoms with van der Waals surface area (Å²) in [5.41, 5.74) is 4.20. The molecule has 0 aliphatic carbocycles. The molecule has 0 spiro atoms. The monoisotopic (exact) mass is 328 g/mol. The summed E-state index contributed by atoms with van der Waals surface area (Å²) in [5.74, 6) is -0.908. The number of thiazole rings is 1. The number of aromatic nitrogens is 2. The van der Waals surface area contributed by atoms with Gasteiger partial charge in [-0.1, -0.05) is 50.1 Å². The van der Waals surface area contributed by atoms with Gasteiger partial charge in [-0.25, -0.2) is 9.78 Å². The summed E-state index contributed by atoms with van der Waals surface area (Å²) in [6.07, 6.45) is 2.43. The van der Waals surface area contributed by atoms with Crippen molar-refractivity contribution in [3.05, 3.63) is 46.1 Å². The van der Waals surface area contributed by atoms with Crippen LogP contribution < -0.4 is 0 Å². The van der Waals surface area contributed by atoms with Gasteiger partial charge in [-0.05, 0) is 25.3 Å². The van der Waals surface area contributed by atoms with Crippen LogP contribution >= 0.6 is 11.3 Å². The topological polar surface area (TPSA) is 54.6 Å². The van der Waals surface area contributed by atoms with Crippen molar-refractivity contribution in [2.24, 2.45) is 0 Å². The van der Waals surface area contributed by atoms with E-state index in [-0.39, 0.29) is 0 Å². The predicted octanol–water partition coefficient (Wildman–Crippen LogP) is 4.58. The molecule has 0 atom stereocenters. The molecule has 1 N–H and O–H groups in total. The van der Waals surface area contributed by atoms with E-state index >= 15 is 0 Å². The third kappa shape index (κ3) is 2.65. The molecule has 0 saturated carbocycles. The largest absolute Gasteiger partial charge is 0.477 e. The minimum Gasteiger partial charge on any atom is -0.477 e. The summed E-state index contributed by atoms with van der Waals surface area (Å²) in [4.78, 5) is 18.4. The van der Waals surface area contributed by atoms with Gasteiger partial charge in [0.05, 0.1) is 11.4 Å². The first kappa shape index (κ1) is 15.7. The molecule has 0 radical (unpaired) electrons. The zero-order valence-electron chi connectivity index (χ0n) is 13.6. The highest BCUT2D eigenvalue weighted by Gasteiger charge is 2.24. The lowest BCUT2D eigenvalue weighted by Crippen LogP contribution is -2.06. The molecule has 120 valence electrons. The maximum atomic E-state index is 11.9. The highest BCUT2D eigenvalue weighted by Crippen LogP contribution is 2.34. The molecule has 2 heterocycles. The van der Waals surface area contributed by atoms with Gasteiger partial charge in [0.15, 0.2) is 10.7 Å². The summed E-state index contributed by atoms with van der Waals surface area (Å²) in [7, 11) is 0. The van der Waals surface area contributed by atoms with E-state index in [2.05, 4.69) is 36.2 Å². The lowest BCUT2D eigenvalue weighted by atomic mass is 10.1. The second kappa shape index (κ2) is 6.16. The fourth-order valence-electron chi connectivity index (χ4n) is 2.87. The molecule has 1 aromatic carbocycles. The molecule has 0 aliphatic rings. The number of nitrogens with zero attached hydrogens (tertiary/aromatic N) is 2. The number of hydrogen-bond acceptors (Lipinski definition) is 3. The number of aromatic carboxylic acids is 1. The second-order valence-electron chi connectivity index (χ2n) is 5.67. The first-order valence-corrected chi connectivity index (χ1v) is 8.71. The third-order valence-electron chi connectivity index (χ3n) is 3.96. The minimum atomic E-state index is -0.908.